The lowest BCUT2D eigenvalue weighted by atomic mass is 10.0. The molecule has 3 aromatic carbocycles. The molecule has 13 heteroatoms. The molecule has 1 heterocycles. The van der Waals surface area contributed by atoms with Gasteiger partial charge in [-0.25, -0.2) is 17.0 Å². The molecule has 1 aliphatic rings. The van der Waals surface area contributed by atoms with Gasteiger partial charge in [0.2, 0.25) is 0 Å². The number of nitrogens with zero attached hydrogens (tertiary/aromatic N) is 1. The van der Waals surface area contributed by atoms with Crippen LogP contribution in [0.15, 0.2) is 65.6 Å². The summed E-state index contributed by atoms with van der Waals surface area (Å²) in [5.41, 5.74) is 0.144. The lowest BCUT2D eigenvalue weighted by Gasteiger charge is -2.36. The van der Waals surface area contributed by atoms with Crippen molar-refractivity contribution in [2.75, 3.05) is 23.7 Å². The number of allylic oxidation sites excluding steroid dienone is 1. The number of sulfonamides is 1. The minimum absolute atomic E-state index is 0.0908. The minimum Gasteiger partial charge on any atom is -0.486 e. The van der Waals surface area contributed by atoms with Gasteiger partial charge in [0.15, 0.2) is 0 Å². The van der Waals surface area contributed by atoms with E-state index >= 15 is 0 Å². The van der Waals surface area contributed by atoms with Crippen LogP contribution in [0.2, 0.25) is 5.02 Å². The zero-order valence-corrected chi connectivity index (χ0v) is 25.0. The van der Waals surface area contributed by atoms with E-state index in [0.717, 1.165) is 22.5 Å². The number of rotatable bonds is 9. The van der Waals surface area contributed by atoms with Gasteiger partial charge in [0.05, 0.1) is 44.1 Å². The fourth-order valence-electron chi connectivity index (χ4n) is 4.50. The van der Waals surface area contributed by atoms with Gasteiger partial charge >= 0.3 is 6.18 Å². The highest BCUT2D eigenvalue weighted by Crippen LogP contribution is 2.40. The molecule has 6 nitrogen and oxygen atoms in total. The van der Waals surface area contributed by atoms with E-state index in [9.17, 15) is 30.2 Å². The van der Waals surface area contributed by atoms with Crippen molar-refractivity contribution >= 4 is 54.6 Å². The van der Waals surface area contributed by atoms with Gasteiger partial charge in [-0.15, -0.1) is 0 Å². The van der Waals surface area contributed by atoms with Crippen molar-refractivity contribution in [2.45, 2.75) is 36.9 Å². The molecule has 0 amide bonds. The first-order chi connectivity index (χ1) is 19.6. The fourth-order valence-corrected chi connectivity index (χ4v) is 6.83. The molecule has 4 rings (SSSR count). The van der Waals surface area contributed by atoms with Gasteiger partial charge in [-0.1, -0.05) is 35.9 Å². The summed E-state index contributed by atoms with van der Waals surface area (Å²) in [4.78, 5) is -0.537. The third kappa shape index (κ3) is 7.47. The van der Waals surface area contributed by atoms with E-state index in [0.29, 0.717) is 30.0 Å². The zero-order valence-electron chi connectivity index (χ0n) is 22.7. The highest BCUT2D eigenvalue weighted by atomic mass is 35.5. The molecule has 0 aromatic heterocycles. The molecule has 0 saturated carbocycles. The number of halogens is 5. The molecular formula is C29H28ClF4NO5S2. The summed E-state index contributed by atoms with van der Waals surface area (Å²) in [6.07, 6.45) is -1.80. The number of benzene rings is 3. The maximum Gasteiger partial charge on any atom is 0.416 e. The first-order valence-electron chi connectivity index (χ1n) is 12.7. The van der Waals surface area contributed by atoms with Crippen LogP contribution in [0.25, 0.3) is 11.6 Å². The zero-order chi connectivity index (χ0) is 30.9. The van der Waals surface area contributed by atoms with Crippen LogP contribution in [0.4, 0.5) is 23.2 Å². The molecule has 1 aliphatic heterocycles. The summed E-state index contributed by atoms with van der Waals surface area (Å²) in [6, 6.07) is 12.5. The molecule has 3 aromatic rings. The molecule has 0 fully saturated rings. The topological polar surface area (TPSA) is 72.9 Å². The third-order valence-corrected chi connectivity index (χ3v) is 9.16. The highest BCUT2D eigenvalue weighted by molar-refractivity contribution is 7.95. The van der Waals surface area contributed by atoms with Crippen molar-refractivity contribution in [2.24, 2.45) is 0 Å². The minimum atomic E-state index is -4.74. The fraction of sp³-hybridized carbons (Fsp3) is 0.276. The van der Waals surface area contributed by atoms with E-state index in [4.69, 9.17) is 20.5 Å². The van der Waals surface area contributed by atoms with Gasteiger partial charge in [0, 0.05) is 11.8 Å². The maximum absolute atomic E-state index is 14.5. The van der Waals surface area contributed by atoms with Crippen LogP contribution >= 0.6 is 11.6 Å². The molecule has 0 aliphatic carbocycles. The molecule has 0 radical (unpaired) electrons. The summed E-state index contributed by atoms with van der Waals surface area (Å²) in [5, 5.41) is 0.198. The molecule has 0 N–H and O–H groups in total. The Labute approximate surface area is 247 Å². The van der Waals surface area contributed by atoms with Gasteiger partial charge < -0.3 is 4.74 Å². The average Bonchev–Trinajstić information content (AvgIpc) is 2.89. The van der Waals surface area contributed by atoms with Crippen molar-refractivity contribution in [3.8, 4) is 5.75 Å². The van der Waals surface area contributed by atoms with Crippen LogP contribution in [-0.2, 0) is 30.2 Å². The molecule has 1 unspecified atom stereocenters. The summed E-state index contributed by atoms with van der Waals surface area (Å²) in [7, 11) is -7.17. The van der Waals surface area contributed by atoms with Crippen LogP contribution in [-0.4, -0.2) is 44.0 Å². The first kappa shape index (κ1) is 31.9. The average molecular weight is 646 g/mol. The second-order valence-corrected chi connectivity index (χ2v) is 14.2. The lowest BCUT2D eigenvalue weighted by Crippen LogP contribution is -2.43. The summed E-state index contributed by atoms with van der Waals surface area (Å²) >= 11 is 6.20. The molecule has 2 atom stereocenters. The van der Waals surface area contributed by atoms with Crippen LogP contribution in [0.1, 0.15) is 36.5 Å². The van der Waals surface area contributed by atoms with Gasteiger partial charge in [-0.2, -0.15) is 13.2 Å². The SMILES string of the molecule is C=S(C)(=O)OCCC[C@H]1CN(S(=O)(=O)c2cccc(C(F)(F)F)c2)c2cc(/C=C(\C)c3c(F)cccc3Cl)ccc2O1. The monoisotopic (exact) mass is 645 g/mol. The predicted octanol–water partition coefficient (Wildman–Crippen LogP) is 7.07. The predicted molar refractivity (Wildman–Crippen MR) is 158 cm³/mol. The standard InChI is InChI=1S/C29H28ClF4NO5S2/c1-19(28-24(30)10-5-11-25(28)31)15-20-12-13-27-26(16-20)35(18-22(40-27)8-6-14-39-41(2,3)36)42(37,38)23-9-4-7-21(17-23)29(32,33)34/h4-5,7,9-13,15-17,22H,2,6,8,14,18H2,1,3H3/b19-15+/t22-,41?/m0/s1. The number of hydrogen-bond donors (Lipinski definition) is 0. The van der Waals surface area contributed by atoms with Crippen LogP contribution < -0.4 is 9.04 Å². The number of hydrogen-bond acceptors (Lipinski definition) is 5. The van der Waals surface area contributed by atoms with Gasteiger partial charge in [-0.05, 0) is 79.2 Å². The van der Waals surface area contributed by atoms with Crippen LogP contribution in [0.3, 0.4) is 0 Å². The number of alkyl halides is 3. The molecule has 0 bridgehead atoms. The van der Waals surface area contributed by atoms with Crippen molar-refractivity contribution in [1.29, 1.82) is 0 Å². The molecule has 0 saturated heterocycles. The molecular weight excluding hydrogens is 618 g/mol. The second kappa shape index (κ2) is 12.3. The van der Waals surface area contributed by atoms with E-state index in [1.807, 2.05) is 0 Å². The van der Waals surface area contributed by atoms with Crippen molar-refractivity contribution in [1.82, 2.24) is 0 Å². The Bertz CT molecular complexity index is 1700. The van der Waals surface area contributed by atoms with E-state index in [2.05, 4.69) is 5.87 Å². The van der Waals surface area contributed by atoms with Gasteiger partial charge in [-0.3, -0.25) is 8.49 Å². The molecule has 226 valence electrons. The van der Waals surface area contributed by atoms with Crippen molar-refractivity contribution < 1.29 is 39.1 Å². The number of anilines is 1. The third-order valence-electron chi connectivity index (χ3n) is 6.41. The molecule has 42 heavy (non-hydrogen) atoms. The van der Waals surface area contributed by atoms with Gasteiger partial charge in [0.1, 0.15) is 17.7 Å². The smallest absolute Gasteiger partial charge is 0.416 e. The number of ether oxygens (including phenoxy) is 1. The summed E-state index contributed by atoms with van der Waals surface area (Å²) < 4.78 is 106. The van der Waals surface area contributed by atoms with Crippen molar-refractivity contribution in [3.05, 3.63) is 88.2 Å². The van der Waals surface area contributed by atoms with Crippen molar-refractivity contribution in [3.63, 3.8) is 0 Å². The molecule has 0 spiro atoms. The lowest BCUT2D eigenvalue weighted by molar-refractivity contribution is -0.137. The quantitative estimate of drug-likeness (QED) is 0.108. The van der Waals surface area contributed by atoms with Crippen LogP contribution in [0, 0.1) is 5.82 Å². The van der Waals surface area contributed by atoms with Gasteiger partial charge in [0.25, 0.3) is 10.0 Å². The largest absolute Gasteiger partial charge is 0.486 e. The Morgan fingerprint density at radius 2 is 1.86 bits per heavy atom. The summed E-state index contributed by atoms with van der Waals surface area (Å²) in [6.45, 7) is 1.53. The highest BCUT2D eigenvalue weighted by Gasteiger charge is 2.37. The Hall–Kier alpha value is -3.06. The van der Waals surface area contributed by atoms with E-state index in [1.54, 1.807) is 31.2 Å². The Morgan fingerprint density at radius 3 is 2.52 bits per heavy atom. The first-order valence-corrected chi connectivity index (χ1v) is 16.5. The van der Waals surface area contributed by atoms with E-state index in [1.165, 1.54) is 24.5 Å². The Balaban J connectivity index is 1.74. The normalized spacial score (nSPS) is 17.4. The van der Waals surface area contributed by atoms with E-state index in [-0.39, 0.29) is 35.2 Å². The van der Waals surface area contributed by atoms with Crippen LogP contribution in [0.5, 0.6) is 5.75 Å². The Kier molecular flexibility index (Phi) is 9.31. The van der Waals surface area contributed by atoms with E-state index < -0.39 is 48.4 Å². The number of fused-ring (bicyclic) bond motifs is 1. The Morgan fingerprint density at radius 1 is 1.14 bits per heavy atom. The second-order valence-electron chi connectivity index (χ2n) is 9.84. The maximum atomic E-state index is 14.5. The summed E-state index contributed by atoms with van der Waals surface area (Å²) in [5.74, 6) is 3.08.